The third kappa shape index (κ3) is 3.86. The molecule has 23 heavy (non-hydrogen) atoms. The van der Waals surface area contributed by atoms with Crippen molar-refractivity contribution < 1.29 is 5.11 Å². The van der Waals surface area contributed by atoms with Gasteiger partial charge in [-0.1, -0.05) is 12.8 Å². The van der Waals surface area contributed by atoms with E-state index < -0.39 is 5.60 Å². The molecule has 0 amide bonds. The molecular weight excluding hydrogens is 290 g/mol. The number of aliphatic hydroxyl groups is 1. The van der Waals surface area contributed by atoms with Gasteiger partial charge >= 0.3 is 0 Å². The predicted molar refractivity (Wildman–Crippen MR) is 91.5 cm³/mol. The molecule has 2 heterocycles. The Morgan fingerprint density at radius 2 is 2.26 bits per heavy atom. The predicted octanol–water partition coefficient (Wildman–Crippen LogP) is 1.48. The summed E-state index contributed by atoms with van der Waals surface area (Å²) < 4.78 is 1.87. The molecule has 1 unspecified atom stereocenters. The molecule has 2 fully saturated rings. The molecule has 1 aliphatic heterocycles. The molecule has 0 radical (unpaired) electrons. The number of rotatable bonds is 4. The summed E-state index contributed by atoms with van der Waals surface area (Å²) in [6.45, 7) is 5.43. The van der Waals surface area contributed by atoms with Gasteiger partial charge in [-0.2, -0.15) is 5.10 Å². The van der Waals surface area contributed by atoms with Gasteiger partial charge < -0.3 is 15.3 Å². The molecule has 6 nitrogen and oxygen atoms in total. The Kier molecular flexibility index (Phi) is 4.90. The molecule has 1 aromatic rings. The number of likely N-dealkylation sites (tertiary alicyclic amines) is 1. The average Bonchev–Trinajstić information content (AvgIpc) is 3.24. The molecule has 1 aliphatic carbocycles. The maximum Gasteiger partial charge on any atom is 0.194 e. The van der Waals surface area contributed by atoms with Crippen LogP contribution in [-0.2, 0) is 7.05 Å². The van der Waals surface area contributed by atoms with E-state index >= 15 is 0 Å². The van der Waals surface area contributed by atoms with Gasteiger partial charge in [-0.3, -0.25) is 9.67 Å². The first-order valence-corrected chi connectivity index (χ1v) is 8.84. The number of aryl methyl sites for hydroxylation is 1. The van der Waals surface area contributed by atoms with E-state index in [1.54, 1.807) is 0 Å². The first-order chi connectivity index (χ1) is 11.1. The number of hydrogen-bond donors (Lipinski definition) is 2. The lowest BCUT2D eigenvalue weighted by Gasteiger charge is -2.24. The molecule has 1 atom stereocenters. The van der Waals surface area contributed by atoms with Crippen LogP contribution in [0.5, 0.6) is 0 Å². The van der Waals surface area contributed by atoms with Crippen molar-refractivity contribution in [2.75, 3.05) is 26.2 Å². The minimum absolute atomic E-state index is 0.516. The van der Waals surface area contributed by atoms with Crippen LogP contribution in [0.2, 0.25) is 0 Å². The van der Waals surface area contributed by atoms with E-state index in [9.17, 15) is 5.11 Å². The molecule has 1 aromatic heterocycles. The molecular formula is C17H29N5O. The highest BCUT2D eigenvalue weighted by Gasteiger charge is 2.32. The number of nitrogens with one attached hydrogen (secondary N) is 1. The minimum Gasteiger partial charge on any atom is -0.388 e. The van der Waals surface area contributed by atoms with Gasteiger partial charge in [0.2, 0.25) is 0 Å². The summed E-state index contributed by atoms with van der Waals surface area (Å²) in [4.78, 5) is 7.06. The number of aliphatic imine (C=N–C) groups is 1. The van der Waals surface area contributed by atoms with Crippen LogP contribution in [0.4, 0.5) is 0 Å². The Morgan fingerprint density at radius 3 is 2.91 bits per heavy atom. The SMILES string of the molecule is CCNC(=NCC1(O)CCCC1)N1CCC(c2cnn(C)c2)C1. The molecule has 2 aliphatic rings. The van der Waals surface area contributed by atoms with Gasteiger partial charge in [-0.15, -0.1) is 0 Å². The number of hydrogen-bond acceptors (Lipinski definition) is 3. The zero-order valence-corrected chi connectivity index (χ0v) is 14.3. The first-order valence-electron chi connectivity index (χ1n) is 8.84. The van der Waals surface area contributed by atoms with Crippen LogP contribution < -0.4 is 5.32 Å². The Bertz CT molecular complexity index is 547. The topological polar surface area (TPSA) is 65.7 Å². The van der Waals surface area contributed by atoms with Gasteiger partial charge in [-0.25, -0.2) is 0 Å². The van der Waals surface area contributed by atoms with E-state index in [1.165, 1.54) is 5.56 Å². The largest absolute Gasteiger partial charge is 0.388 e. The minimum atomic E-state index is -0.580. The smallest absolute Gasteiger partial charge is 0.194 e. The quantitative estimate of drug-likeness (QED) is 0.652. The fraction of sp³-hybridized carbons (Fsp3) is 0.765. The van der Waals surface area contributed by atoms with Gasteiger partial charge in [0.25, 0.3) is 0 Å². The van der Waals surface area contributed by atoms with E-state index in [0.29, 0.717) is 12.5 Å². The van der Waals surface area contributed by atoms with E-state index in [-0.39, 0.29) is 0 Å². The van der Waals surface area contributed by atoms with Gasteiger partial charge in [0, 0.05) is 38.8 Å². The highest BCUT2D eigenvalue weighted by atomic mass is 16.3. The fourth-order valence-corrected chi connectivity index (χ4v) is 3.71. The van der Waals surface area contributed by atoms with Crippen LogP contribution in [0.25, 0.3) is 0 Å². The number of guanidine groups is 1. The average molecular weight is 319 g/mol. The van der Waals surface area contributed by atoms with Crippen molar-refractivity contribution >= 4 is 5.96 Å². The summed E-state index contributed by atoms with van der Waals surface area (Å²) in [6, 6.07) is 0. The summed E-state index contributed by atoms with van der Waals surface area (Å²) in [5.74, 6) is 1.46. The lowest BCUT2D eigenvalue weighted by molar-refractivity contribution is 0.0572. The molecule has 0 bridgehead atoms. The maximum atomic E-state index is 10.5. The molecule has 1 saturated heterocycles. The van der Waals surface area contributed by atoms with E-state index in [4.69, 9.17) is 4.99 Å². The van der Waals surface area contributed by atoms with Crippen LogP contribution in [0.3, 0.4) is 0 Å². The molecule has 128 valence electrons. The van der Waals surface area contributed by atoms with Crippen LogP contribution in [-0.4, -0.2) is 57.5 Å². The third-order valence-corrected chi connectivity index (χ3v) is 5.08. The third-order valence-electron chi connectivity index (χ3n) is 5.08. The zero-order valence-electron chi connectivity index (χ0n) is 14.3. The highest BCUT2D eigenvalue weighted by molar-refractivity contribution is 5.80. The van der Waals surface area contributed by atoms with E-state index in [2.05, 4.69) is 28.4 Å². The van der Waals surface area contributed by atoms with Crippen LogP contribution >= 0.6 is 0 Å². The Morgan fingerprint density at radius 1 is 1.48 bits per heavy atom. The van der Waals surface area contributed by atoms with E-state index in [0.717, 1.165) is 57.7 Å². The van der Waals surface area contributed by atoms with Crippen molar-refractivity contribution in [2.24, 2.45) is 12.0 Å². The lowest BCUT2D eigenvalue weighted by atomic mass is 10.0. The highest BCUT2D eigenvalue weighted by Crippen LogP contribution is 2.30. The zero-order chi connectivity index (χ0) is 16.3. The van der Waals surface area contributed by atoms with Crippen LogP contribution in [0.1, 0.15) is 50.5 Å². The molecule has 3 rings (SSSR count). The second-order valence-corrected chi connectivity index (χ2v) is 6.98. The molecule has 1 saturated carbocycles. The van der Waals surface area contributed by atoms with Gasteiger partial charge in [0.1, 0.15) is 0 Å². The summed E-state index contributed by atoms with van der Waals surface area (Å²) in [7, 11) is 1.96. The molecule has 2 N–H and O–H groups in total. The lowest BCUT2D eigenvalue weighted by Crippen LogP contribution is -2.41. The normalized spacial score (nSPS) is 24.4. The summed E-state index contributed by atoms with van der Waals surface area (Å²) in [5.41, 5.74) is 0.726. The Labute approximate surface area is 138 Å². The van der Waals surface area contributed by atoms with Crippen LogP contribution in [0.15, 0.2) is 17.4 Å². The van der Waals surface area contributed by atoms with Crippen molar-refractivity contribution in [3.05, 3.63) is 18.0 Å². The van der Waals surface area contributed by atoms with Gasteiger partial charge in [0.05, 0.1) is 18.3 Å². The molecule has 0 aromatic carbocycles. The maximum absolute atomic E-state index is 10.5. The van der Waals surface area contributed by atoms with Crippen molar-refractivity contribution in [3.63, 3.8) is 0 Å². The second kappa shape index (κ2) is 6.91. The van der Waals surface area contributed by atoms with Gasteiger partial charge in [0.15, 0.2) is 5.96 Å². The van der Waals surface area contributed by atoms with Crippen molar-refractivity contribution in [1.29, 1.82) is 0 Å². The Balaban J connectivity index is 1.64. The van der Waals surface area contributed by atoms with Crippen molar-refractivity contribution in [3.8, 4) is 0 Å². The van der Waals surface area contributed by atoms with Crippen LogP contribution in [0, 0.1) is 0 Å². The Hall–Kier alpha value is -1.56. The van der Waals surface area contributed by atoms with Crippen molar-refractivity contribution in [2.45, 2.75) is 50.5 Å². The fourth-order valence-electron chi connectivity index (χ4n) is 3.71. The monoisotopic (exact) mass is 319 g/mol. The summed E-state index contributed by atoms with van der Waals surface area (Å²) in [6.07, 6.45) is 9.21. The van der Waals surface area contributed by atoms with Crippen molar-refractivity contribution in [1.82, 2.24) is 20.0 Å². The molecule has 6 heteroatoms. The summed E-state index contributed by atoms with van der Waals surface area (Å²) in [5, 5.41) is 18.2. The van der Waals surface area contributed by atoms with E-state index in [1.807, 2.05) is 17.9 Å². The molecule has 0 spiro atoms. The number of aromatic nitrogens is 2. The first kappa shape index (κ1) is 16.3. The second-order valence-electron chi connectivity index (χ2n) is 6.98. The summed E-state index contributed by atoms with van der Waals surface area (Å²) >= 11 is 0. The van der Waals surface area contributed by atoms with Gasteiger partial charge in [-0.05, 0) is 31.7 Å². The number of nitrogens with zero attached hydrogens (tertiary/aromatic N) is 4. The standard InChI is InChI=1S/C17H29N5O/c1-3-18-16(19-13-17(23)7-4-5-8-17)22-9-6-14(12-22)15-10-20-21(2)11-15/h10-11,14,23H,3-9,12-13H2,1-2H3,(H,18,19).